The Morgan fingerprint density at radius 3 is 2.71 bits per heavy atom. The van der Waals surface area contributed by atoms with Crippen LogP contribution in [0.4, 0.5) is 8.78 Å². The van der Waals surface area contributed by atoms with Crippen molar-refractivity contribution in [1.29, 1.82) is 5.26 Å². The van der Waals surface area contributed by atoms with Crippen molar-refractivity contribution in [1.82, 2.24) is 0 Å². The molecule has 1 rings (SSSR count). The van der Waals surface area contributed by atoms with Crippen LogP contribution in [0.1, 0.15) is 11.1 Å². The number of nitrogens with zero attached hydrogens (tertiary/aromatic N) is 1. The third kappa shape index (κ3) is 2.67. The summed E-state index contributed by atoms with van der Waals surface area (Å²) in [7, 11) is 0. The number of benzene rings is 1. The van der Waals surface area contributed by atoms with Crippen molar-refractivity contribution in [2.75, 3.05) is 0 Å². The van der Waals surface area contributed by atoms with Gasteiger partial charge in [-0.1, -0.05) is 22.0 Å². The van der Waals surface area contributed by atoms with Crippen LogP contribution in [-0.4, -0.2) is 6.61 Å². The van der Waals surface area contributed by atoms with Gasteiger partial charge in [0.1, 0.15) is 5.75 Å². The molecule has 0 bridgehead atoms. The van der Waals surface area contributed by atoms with Crippen LogP contribution in [0.25, 0.3) is 0 Å². The molecule has 5 heteroatoms. The second-order valence-electron chi connectivity index (χ2n) is 2.45. The van der Waals surface area contributed by atoms with Crippen molar-refractivity contribution >= 4 is 15.9 Å². The number of rotatable bonds is 3. The van der Waals surface area contributed by atoms with Gasteiger partial charge in [-0.3, -0.25) is 0 Å². The van der Waals surface area contributed by atoms with E-state index >= 15 is 0 Å². The average Bonchev–Trinajstić information content (AvgIpc) is 2.16. The second kappa shape index (κ2) is 4.91. The zero-order valence-electron chi connectivity index (χ0n) is 7.01. The molecule has 0 radical (unpaired) electrons. The Kier molecular flexibility index (Phi) is 3.84. The summed E-state index contributed by atoms with van der Waals surface area (Å²) in [6.45, 7) is -2.87. The molecule has 0 aliphatic heterocycles. The van der Waals surface area contributed by atoms with Gasteiger partial charge in [0.25, 0.3) is 0 Å². The van der Waals surface area contributed by atoms with E-state index in [1.54, 1.807) is 12.1 Å². The molecule has 74 valence electrons. The van der Waals surface area contributed by atoms with Crippen molar-refractivity contribution in [3.63, 3.8) is 0 Å². The fraction of sp³-hybridized carbons (Fsp3) is 0.222. The number of hydrogen-bond donors (Lipinski definition) is 0. The summed E-state index contributed by atoms with van der Waals surface area (Å²) < 4.78 is 28.2. The lowest BCUT2D eigenvalue weighted by Crippen LogP contribution is -2.04. The standard InChI is InChI=1S/C9H6BrF2NO/c10-4-7-2-1-6(5-13)3-8(7)14-9(11)12/h1-3,9H,4H2. The van der Waals surface area contributed by atoms with Crippen LogP contribution < -0.4 is 4.74 Å². The molecule has 0 aliphatic rings. The molecule has 0 aromatic heterocycles. The Bertz CT molecular complexity index is 362. The number of ether oxygens (including phenoxy) is 1. The van der Waals surface area contributed by atoms with Gasteiger partial charge in [0.15, 0.2) is 0 Å². The van der Waals surface area contributed by atoms with E-state index in [0.717, 1.165) is 0 Å². The zero-order chi connectivity index (χ0) is 10.6. The van der Waals surface area contributed by atoms with Crippen LogP contribution in [-0.2, 0) is 5.33 Å². The fourth-order valence-corrected chi connectivity index (χ4v) is 1.40. The second-order valence-corrected chi connectivity index (χ2v) is 3.01. The predicted molar refractivity (Wildman–Crippen MR) is 50.4 cm³/mol. The van der Waals surface area contributed by atoms with E-state index in [2.05, 4.69) is 20.7 Å². The largest absolute Gasteiger partial charge is 0.434 e. The van der Waals surface area contributed by atoms with E-state index in [9.17, 15) is 8.78 Å². The quantitative estimate of drug-likeness (QED) is 0.784. The topological polar surface area (TPSA) is 33.0 Å². The van der Waals surface area contributed by atoms with Gasteiger partial charge in [0.05, 0.1) is 11.6 Å². The van der Waals surface area contributed by atoms with Crippen LogP contribution in [0.5, 0.6) is 5.75 Å². The highest BCUT2D eigenvalue weighted by Gasteiger charge is 2.09. The molecule has 2 nitrogen and oxygen atoms in total. The summed E-state index contributed by atoms with van der Waals surface area (Å²) in [6.07, 6.45) is 0. The lowest BCUT2D eigenvalue weighted by molar-refractivity contribution is -0.0503. The Balaban J connectivity index is 3.03. The molecule has 0 unspecified atom stereocenters. The van der Waals surface area contributed by atoms with Gasteiger partial charge in [-0.2, -0.15) is 14.0 Å². The Hall–Kier alpha value is -1.15. The first-order chi connectivity index (χ1) is 6.67. The summed E-state index contributed by atoms with van der Waals surface area (Å²) in [5.74, 6) is 0.0379. The zero-order valence-corrected chi connectivity index (χ0v) is 8.59. The molecule has 0 aliphatic carbocycles. The smallest absolute Gasteiger partial charge is 0.387 e. The summed E-state index contributed by atoms with van der Waals surface area (Å²) >= 11 is 3.14. The van der Waals surface area contributed by atoms with Crippen LogP contribution in [0.3, 0.4) is 0 Å². The van der Waals surface area contributed by atoms with Gasteiger partial charge in [-0.05, 0) is 12.1 Å². The average molecular weight is 262 g/mol. The number of alkyl halides is 3. The molecule has 0 saturated carbocycles. The maximum absolute atomic E-state index is 12.0. The summed E-state index contributed by atoms with van der Waals surface area (Å²) in [4.78, 5) is 0. The van der Waals surface area contributed by atoms with Gasteiger partial charge in [0.2, 0.25) is 0 Å². The third-order valence-electron chi connectivity index (χ3n) is 1.56. The fourth-order valence-electron chi connectivity index (χ4n) is 0.940. The molecular weight excluding hydrogens is 256 g/mol. The molecule has 14 heavy (non-hydrogen) atoms. The first-order valence-corrected chi connectivity index (χ1v) is 4.83. The molecule has 0 fully saturated rings. The minimum absolute atomic E-state index is 0.0379. The Labute approximate surface area is 88.2 Å². The van der Waals surface area contributed by atoms with Crippen LogP contribution in [0.15, 0.2) is 18.2 Å². The molecule has 0 N–H and O–H groups in total. The highest BCUT2D eigenvalue weighted by atomic mass is 79.9. The van der Waals surface area contributed by atoms with Crippen LogP contribution in [0.2, 0.25) is 0 Å². The Morgan fingerprint density at radius 1 is 1.50 bits per heavy atom. The van der Waals surface area contributed by atoms with E-state index in [0.29, 0.717) is 16.5 Å². The van der Waals surface area contributed by atoms with Crippen molar-refractivity contribution in [2.45, 2.75) is 11.9 Å². The first-order valence-electron chi connectivity index (χ1n) is 3.71. The lowest BCUT2D eigenvalue weighted by atomic mass is 10.1. The third-order valence-corrected chi connectivity index (χ3v) is 2.16. The molecule has 0 heterocycles. The normalized spacial score (nSPS) is 9.93. The van der Waals surface area contributed by atoms with E-state index < -0.39 is 6.61 Å². The van der Waals surface area contributed by atoms with Gasteiger partial charge < -0.3 is 4.74 Å². The SMILES string of the molecule is N#Cc1ccc(CBr)c(OC(F)F)c1. The summed E-state index contributed by atoms with van der Waals surface area (Å²) in [5, 5.41) is 8.96. The highest BCUT2D eigenvalue weighted by molar-refractivity contribution is 9.08. The van der Waals surface area contributed by atoms with Gasteiger partial charge in [0, 0.05) is 10.9 Å². The van der Waals surface area contributed by atoms with Crippen LogP contribution >= 0.6 is 15.9 Å². The van der Waals surface area contributed by atoms with Gasteiger partial charge in [-0.25, -0.2) is 0 Å². The van der Waals surface area contributed by atoms with Crippen LogP contribution in [0, 0.1) is 11.3 Å². The van der Waals surface area contributed by atoms with E-state index in [1.165, 1.54) is 6.07 Å². The number of halogens is 3. The predicted octanol–water partition coefficient (Wildman–Crippen LogP) is 3.05. The van der Waals surface area contributed by atoms with Crippen molar-refractivity contribution < 1.29 is 13.5 Å². The van der Waals surface area contributed by atoms with Crippen molar-refractivity contribution in [2.24, 2.45) is 0 Å². The molecular formula is C9H6BrF2NO. The van der Waals surface area contributed by atoms with Gasteiger partial charge >= 0.3 is 6.61 Å². The molecule has 0 amide bonds. The Morgan fingerprint density at radius 2 is 2.21 bits per heavy atom. The summed E-state index contributed by atoms with van der Waals surface area (Å²) in [6, 6.07) is 6.27. The number of nitriles is 1. The minimum Gasteiger partial charge on any atom is -0.434 e. The molecule has 0 spiro atoms. The lowest BCUT2D eigenvalue weighted by Gasteiger charge is -2.08. The molecule has 0 saturated heterocycles. The van der Waals surface area contributed by atoms with E-state index in [-0.39, 0.29) is 5.75 Å². The minimum atomic E-state index is -2.87. The summed E-state index contributed by atoms with van der Waals surface area (Å²) in [5.41, 5.74) is 0.884. The monoisotopic (exact) mass is 261 g/mol. The van der Waals surface area contributed by atoms with Crippen molar-refractivity contribution in [3.8, 4) is 11.8 Å². The first kappa shape index (κ1) is 10.9. The van der Waals surface area contributed by atoms with E-state index in [1.807, 2.05) is 6.07 Å². The molecule has 1 aromatic rings. The van der Waals surface area contributed by atoms with Gasteiger partial charge in [-0.15, -0.1) is 0 Å². The maximum Gasteiger partial charge on any atom is 0.387 e. The highest BCUT2D eigenvalue weighted by Crippen LogP contribution is 2.24. The maximum atomic E-state index is 12.0. The van der Waals surface area contributed by atoms with E-state index in [4.69, 9.17) is 5.26 Å². The number of hydrogen-bond acceptors (Lipinski definition) is 2. The van der Waals surface area contributed by atoms with Crippen molar-refractivity contribution in [3.05, 3.63) is 29.3 Å². The molecule has 0 atom stereocenters. The molecule has 1 aromatic carbocycles.